The van der Waals surface area contributed by atoms with Crippen molar-refractivity contribution in [3.63, 3.8) is 0 Å². The van der Waals surface area contributed by atoms with Crippen LogP contribution in [0.3, 0.4) is 0 Å². The van der Waals surface area contributed by atoms with E-state index in [1.807, 2.05) is 30.3 Å². The monoisotopic (exact) mass is 456 g/mol. The lowest BCUT2D eigenvalue weighted by atomic mass is 10.0. The molecule has 1 aromatic carbocycles. The Morgan fingerprint density at radius 2 is 1.88 bits per heavy atom. The second-order valence-electron chi connectivity index (χ2n) is 7.18. The van der Waals surface area contributed by atoms with Gasteiger partial charge < -0.3 is 25.5 Å². The van der Waals surface area contributed by atoms with E-state index in [1.165, 1.54) is 30.4 Å². The van der Waals surface area contributed by atoms with Gasteiger partial charge in [0.25, 0.3) is 5.91 Å². The fourth-order valence-corrected chi connectivity index (χ4v) is 4.78. The summed E-state index contributed by atoms with van der Waals surface area (Å²) in [5.41, 5.74) is 1.34. The molecule has 1 saturated heterocycles. The smallest absolute Gasteiger partial charge is 0.352 e. The maximum atomic E-state index is 12.5. The van der Waals surface area contributed by atoms with E-state index in [1.54, 1.807) is 6.07 Å². The molecule has 4 amide bonds. The lowest BCUT2D eigenvalue weighted by Gasteiger charge is -2.49. The summed E-state index contributed by atoms with van der Waals surface area (Å²) in [7, 11) is 0. The highest BCUT2D eigenvalue weighted by Crippen LogP contribution is 2.40. The molecule has 1 fully saturated rings. The van der Waals surface area contributed by atoms with Gasteiger partial charge in [0.05, 0.1) is 24.3 Å². The normalized spacial score (nSPS) is 21.6. The van der Waals surface area contributed by atoms with Crippen LogP contribution in [-0.4, -0.2) is 50.6 Å². The molecule has 2 aromatic rings. The Hall–Kier alpha value is -3.73. The van der Waals surface area contributed by atoms with Crippen LogP contribution in [0.4, 0.5) is 4.79 Å². The molecule has 4 rings (SSSR count). The molecule has 0 spiro atoms. The van der Waals surface area contributed by atoms with E-state index in [2.05, 4.69) is 16.0 Å². The molecule has 11 heteroatoms. The number of carboxylic acid groups (broad SMARTS) is 1. The molecular weight excluding hydrogens is 436 g/mol. The molecule has 0 bridgehead atoms. The summed E-state index contributed by atoms with van der Waals surface area (Å²) in [4.78, 5) is 49.9. The van der Waals surface area contributed by atoms with Crippen molar-refractivity contribution in [2.75, 3.05) is 0 Å². The molecule has 32 heavy (non-hydrogen) atoms. The molecule has 2 aliphatic rings. The van der Waals surface area contributed by atoms with Gasteiger partial charge in [-0.1, -0.05) is 30.3 Å². The summed E-state index contributed by atoms with van der Waals surface area (Å²) in [6.45, 7) is 0.306. The number of hydrogen-bond donors (Lipinski definition) is 4. The minimum absolute atomic E-state index is 0.0306. The van der Waals surface area contributed by atoms with Crippen LogP contribution in [0.5, 0.6) is 0 Å². The Labute approximate surface area is 187 Å². The fourth-order valence-electron chi connectivity index (χ4n) is 3.42. The van der Waals surface area contributed by atoms with Crippen molar-refractivity contribution in [3.8, 4) is 0 Å². The molecule has 0 aliphatic carbocycles. The number of amides is 4. The molecule has 2 aliphatic heterocycles. The first kappa shape index (κ1) is 21.5. The van der Waals surface area contributed by atoms with E-state index in [0.717, 1.165) is 10.5 Å². The van der Waals surface area contributed by atoms with Crippen LogP contribution in [0.25, 0.3) is 0 Å². The number of nitrogens with zero attached hydrogens (tertiary/aromatic N) is 1. The molecule has 10 nitrogen and oxygen atoms in total. The van der Waals surface area contributed by atoms with Gasteiger partial charge in [-0.2, -0.15) is 0 Å². The number of nitrogens with one attached hydrogen (secondary N) is 3. The Morgan fingerprint density at radius 3 is 2.56 bits per heavy atom. The molecule has 3 heterocycles. The third-order valence-corrected chi connectivity index (χ3v) is 6.26. The molecular formula is C21H20N4O6S. The second-order valence-corrected chi connectivity index (χ2v) is 8.44. The van der Waals surface area contributed by atoms with Crippen molar-refractivity contribution < 1.29 is 28.7 Å². The summed E-state index contributed by atoms with van der Waals surface area (Å²) in [6, 6.07) is 9.60. The van der Waals surface area contributed by atoms with Gasteiger partial charge in [-0.3, -0.25) is 14.5 Å². The van der Waals surface area contributed by atoms with Crippen molar-refractivity contribution in [2.45, 2.75) is 29.8 Å². The van der Waals surface area contributed by atoms with E-state index in [-0.39, 0.29) is 18.0 Å². The van der Waals surface area contributed by atoms with Gasteiger partial charge in [0.15, 0.2) is 0 Å². The average Bonchev–Trinajstić information content (AvgIpc) is 3.29. The van der Waals surface area contributed by atoms with Crippen molar-refractivity contribution in [1.29, 1.82) is 0 Å². The number of carboxylic acids is 1. The number of β-lactam (4-membered cyclic amide) rings is 1. The standard InChI is InChI=1S/C21H20N4O6S/c26-15(8-13-6-7-31-11-13)23-17-18(27)25-14(20(28)29)9-16(32-19(17)25)24-21(30)22-10-12-4-2-1-3-5-12/h1-7,9,11,16-17,19H,8,10H2,(H,23,26)(H,28,29)(H2,22,24,30)/t16?,17?,19-/m1/s1. The zero-order valence-corrected chi connectivity index (χ0v) is 17.5. The van der Waals surface area contributed by atoms with E-state index >= 15 is 0 Å². The van der Waals surface area contributed by atoms with Gasteiger partial charge in [-0.05, 0) is 23.3 Å². The SMILES string of the molecule is O=C(Cc1ccoc1)NC1C(=O)N2C(C(=O)O)=CC(NC(=O)NCc3ccccc3)S[C@H]12. The first-order chi connectivity index (χ1) is 15.4. The average molecular weight is 456 g/mol. The van der Waals surface area contributed by atoms with Gasteiger partial charge in [-0.15, -0.1) is 11.8 Å². The number of fused-ring (bicyclic) bond motifs is 1. The first-order valence-corrected chi connectivity index (χ1v) is 10.7. The van der Waals surface area contributed by atoms with Gasteiger partial charge in [0, 0.05) is 6.54 Å². The Morgan fingerprint density at radius 1 is 1.09 bits per heavy atom. The number of carbonyl (C=O) groups excluding carboxylic acids is 3. The summed E-state index contributed by atoms with van der Waals surface area (Å²) in [5.74, 6) is -2.19. The first-order valence-electron chi connectivity index (χ1n) is 9.75. The molecule has 1 aromatic heterocycles. The van der Waals surface area contributed by atoms with Gasteiger partial charge in [0.1, 0.15) is 17.1 Å². The lowest BCUT2D eigenvalue weighted by Crippen LogP contribution is -2.71. The number of benzene rings is 1. The minimum Gasteiger partial charge on any atom is -0.477 e. The van der Waals surface area contributed by atoms with Crippen LogP contribution in [0.2, 0.25) is 0 Å². The number of thioether (sulfide) groups is 1. The number of rotatable bonds is 7. The largest absolute Gasteiger partial charge is 0.477 e. The topological polar surface area (TPSA) is 141 Å². The highest BCUT2D eigenvalue weighted by molar-refractivity contribution is 8.00. The molecule has 4 N–H and O–H groups in total. The Kier molecular flexibility index (Phi) is 6.17. The van der Waals surface area contributed by atoms with E-state index in [4.69, 9.17) is 4.42 Å². The third kappa shape index (κ3) is 4.62. The zero-order chi connectivity index (χ0) is 22.7. The molecule has 2 unspecified atom stereocenters. The molecule has 3 atom stereocenters. The van der Waals surface area contributed by atoms with Gasteiger partial charge >= 0.3 is 12.0 Å². The van der Waals surface area contributed by atoms with Gasteiger partial charge in [-0.25, -0.2) is 9.59 Å². The zero-order valence-electron chi connectivity index (χ0n) is 16.7. The molecule has 0 saturated carbocycles. The lowest BCUT2D eigenvalue weighted by molar-refractivity contribution is -0.150. The maximum absolute atomic E-state index is 12.5. The van der Waals surface area contributed by atoms with E-state index < -0.39 is 34.7 Å². The van der Waals surface area contributed by atoms with E-state index in [9.17, 15) is 24.3 Å². The highest BCUT2D eigenvalue weighted by Gasteiger charge is 2.54. The number of urea groups is 1. The van der Waals surface area contributed by atoms with Crippen LogP contribution in [0.15, 0.2) is 65.1 Å². The summed E-state index contributed by atoms with van der Waals surface area (Å²) >= 11 is 1.17. The number of hydrogen-bond acceptors (Lipinski definition) is 6. The number of furan rings is 1. The van der Waals surface area contributed by atoms with Crippen molar-refractivity contribution >= 4 is 35.6 Å². The predicted octanol–water partition coefficient (Wildman–Crippen LogP) is 1.02. The Bertz CT molecular complexity index is 1060. The predicted molar refractivity (Wildman–Crippen MR) is 114 cm³/mol. The van der Waals surface area contributed by atoms with Crippen molar-refractivity contribution in [1.82, 2.24) is 20.9 Å². The van der Waals surface area contributed by atoms with Crippen LogP contribution >= 0.6 is 11.8 Å². The van der Waals surface area contributed by atoms with Crippen molar-refractivity contribution in [2.24, 2.45) is 0 Å². The maximum Gasteiger partial charge on any atom is 0.352 e. The van der Waals surface area contributed by atoms with E-state index in [0.29, 0.717) is 12.1 Å². The second kappa shape index (κ2) is 9.18. The summed E-state index contributed by atoms with van der Waals surface area (Å²) in [5, 5.41) is 16.2. The van der Waals surface area contributed by atoms with Crippen LogP contribution in [0.1, 0.15) is 11.1 Å². The van der Waals surface area contributed by atoms with Crippen LogP contribution < -0.4 is 16.0 Å². The molecule has 0 radical (unpaired) electrons. The van der Waals surface area contributed by atoms with Crippen LogP contribution in [0, 0.1) is 0 Å². The van der Waals surface area contributed by atoms with Crippen molar-refractivity contribution in [3.05, 3.63) is 71.8 Å². The van der Waals surface area contributed by atoms with Crippen LogP contribution in [-0.2, 0) is 27.3 Å². The fraction of sp³-hybridized carbons (Fsp3) is 0.238. The highest BCUT2D eigenvalue weighted by atomic mass is 32.2. The summed E-state index contributed by atoms with van der Waals surface area (Å²) < 4.78 is 4.93. The Balaban J connectivity index is 1.38. The quantitative estimate of drug-likeness (QED) is 0.456. The summed E-state index contributed by atoms with van der Waals surface area (Å²) in [6.07, 6.45) is 4.22. The molecule has 166 valence electrons. The van der Waals surface area contributed by atoms with Gasteiger partial charge in [0.2, 0.25) is 5.91 Å². The third-order valence-electron chi connectivity index (χ3n) is 4.95. The minimum atomic E-state index is -1.29. The number of aliphatic carboxylic acids is 1. The number of carbonyl (C=O) groups is 4.